The van der Waals surface area contributed by atoms with E-state index in [1.807, 2.05) is 0 Å². The third-order valence-corrected chi connectivity index (χ3v) is 9.87. The molecule has 10 rings (SSSR count). The smallest absolute Gasteiger partial charge is 0.0547 e. The summed E-state index contributed by atoms with van der Waals surface area (Å²) in [4.78, 5) is 0. The number of benzene rings is 8. The van der Waals surface area contributed by atoms with Crippen molar-refractivity contribution in [3.8, 4) is 22.5 Å². The standard InChI is InChI=1S/C42H28N2/c1-25-23-31(43-35-11-3-7-27-15-16-28-8-4-12-36(43)40(28)39(27)35)19-21-33(25)34-22-20-32(24-26(34)2)44-37-13-5-9-29-17-18-30-10-6-14-38(44)42(30)41(29)37/h3-24H,1-2H3. The number of aromatic nitrogens is 2. The molecule has 10 aromatic rings. The van der Waals surface area contributed by atoms with E-state index in [0.717, 1.165) is 0 Å². The number of rotatable bonds is 3. The molecule has 44 heavy (non-hydrogen) atoms. The van der Waals surface area contributed by atoms with Crippen LogP contribution in [-0.4, -0.2) is 9.13 Å². The van der Waals surface area contributed by atoms with E-state index >= 15 is 0 Å². The van der Waals surface area contributed by atoms with E-state index < -0.39 is 0 Å². The lowest BCUT2D eigenvalue weighted by Crippen LogP contribution is -1.98. The fourth-order valence-corrected chi connectivity index (χ4v) is 7.97. The first kappa shape index (κ1) is 23.9. The van der Waals surface area contributed by atoms with Crippen LogP contribution in [0.1, 0.15) is 11.1 Å². The molecule has 0 fully saturated rings. The van der Waals surface area contributed by atoms with Crippen LogP contribution in [0.2, 0.25) is 0 Å². The summed E-state index contributed by atoms with van der Waals surface area (Å²) < 4.78 is 4.87. The van der Waals surface area contributed by atoms with Crippen molar-refractivity contribution in [3.05, 3.63) is 145 Å². The maximum atomic E-state index is 2.43. The molecule has 206 valence electrons. The highest BCUT2D eigenvalue weighted by atomic mass is 15.0. The van der Waals surface area contributed by atoms with Gasteiger partial charge >= 0.3 is 0 Å². The highest BCUT2D eigenvalue weighted by Crippen LogP contribution is 2.41. The lowest BCUT2D eigenvalue weighted by Gasteiger charge is -2.15. The molecule has 0 N–H and O–H groups in total. The summed E-state index contributed by atoms with van der Waals surface area (Å²) in [5.74, 6) is 0. The van der Waals surface area contributed by atoms with Crippen molar-refractivity contribution in [3.63, 3.8) is 0 Å². The van der Waals surface area contributed by atoms with E-state index in [4.69, 9.17) is 0 Å². The molecular formula is C42H28N2. The van der Waals surface area contributed by atoms with Gasteiger partial charge in [-0.3, -0.25) is 0 Å². The summed E-state index contributed by atoms with van der Waals surface area (Å²) in [7, 11) is 0. The second kappa shape index (κ2) is 8.49. The van der Waals surface area contributed by atoms with E-state index in [-0.39, 0.29) is 0 Å². The Hall–Kier alpha value is -5.60. The lowest BCUT2D eigenvalue weighted by molar-refractivity contribution is 1.16. The molecule has 2 aromatic heterocycles. The molecule has 2 heterocycles. The highest BCUT2D eigenvalue weighted by Gasteiger charge is 2.19. The van der Waals surface area contributed by atoms with Crippen LogP contribution in [0, 0.1) is 13.8 Å². The molecule has 0 radical (unpaired) electrons. The number of nitrogens with zero attached hydrogens (tertiary/aromatic N) is 2. The highest BCUT2D eigenvalue weighted by molar-refractivity contribution is 6.25. The molecule has 0 amide bonds. The normalized spacial score (nSPS) is 12.3. The number of hydrogen-bond acceptors (Lipinski definition) is 0. The van der Waals surface area contributed by atoms with Crippen LogP contribution in [0.25, 0.3) is 87.7 Å². The summed E-state index contributed by atoms with van der Waals surface area (Å²) in [6, 6.07) is 49.5. The van der Waals surface area contributed by atoms with Gasteiger partial charge in [0.25, 0.3) is 0 Å². The Kier molecular flexibility index (Phi) is 4.61. The lowest BCUT2D eigenvalue weighted by atomic mass is 9.95. The molecule has 0 bridgehead atoms. The Labute approximate surface area is 254 Å². The van der Waals surface area contributed by atoms with Crippen molar-refractivity contribution < 1.29 is 0 Å². The van der Waals surface area contributed by atoms with Crippen LogP contribution < -0.4 is 0 Å². The van der Waals surface area contributed by atoms with Gasteiger partial charge in [-0.05, 0) is 106 Å². The summed E-state index contributed by atoms with van der Waals surface area (Å²) in [5, 5.41) is 10.6. The van der Waals surface area contributed by atoms with Gasteiger partial charge in [-0.1, -0.05) is 84.9 Å². The van der Waals surface area contributed by atoms with Gasteiger partial charge in [-0.25, -0.2) is 0 Å². The minimum absolute atomic E-state index is 1.20. The molecule has 0 aliphatic heterocycles. The fourth-order valence-electron chi connectivity index (χ4n) is 7.97. The van der Waals surface area contributed by atoms with Crippen LogP contribution in [0.3, 0.4) is 0 Å². The van der Waals surface area contributed by atoms with Crippen molar-refractivity contribution in [2.45, 2.75) is 13.8 Å². The van der Waals surface area contributed by atoms with Crippen LogP contribution in [0.5, 0.6) is 0 Å². The molecular weight excluding hydrogens is 532 g/mol. The first-order chi connectivity index (χ1) is 21.7. The van der Waals surface area contributed by atoms with E-state index in [0.29, 0.717) is 0 Å². The second-order valence-electron chi connectivity index (χ2n) is 12.3. The van der Waals surface area contributed by atoms with E-state index in [9.17, 15) is 0 Å². The molecule has 0 aliphatic rings. The van der Waals surface area contributed by atoms with Crippen molar-refractivity contribution in [1.29, 1.82) is 0 Å². The first-order valence-electron chi connectivity index (χ1n) is 15.4. The third-order valence-electron chi connectivity index (χ3n) is 9.87. The molecule has 0 atom stereocenters. The Balaban J connectivity index is 1.12. The molecule has 2 nitrogen and oxygen atoms in total. The van der Waals surface area contributed by atoms with Gasteiger partial charge in [0.05, 0.1) is 22.1 Å². The predicted octanol–water partition coefficient (Wildman–Crippen LogP) is 11.3. The zero-order chi connectivity index (χ0) is 29.1. The summed E-state index contributed by atoms with van der Waals surface area (Å²) in [5.41, 5.74) is 12.6. The van der Waals surface area contributed by atoms with E-state index in [1.165, 1.54) is 98.8 Å². The first-order valence-corrected chi connectivity index (χ1v) is 15.4. The topological polar surface area (TPSA) is 9.86 Å². The molecule has 0 aliphatic carbocycles. The van der Waals surface area contributed by atoms with E-state index in [1.54, 1.807) is 0 Å². The SMILES string of the molecule is Cc1cc(-n2c3cccc4ccc5cccc2c5c43)ccc1-c1ccc(-n2c3cccc4ccc5cccc2c5c43)cc1C. The minimum atomic E-state index is 1.20. The van der Waals surface area contributed by atoms with Gasteiger partial charge in [0.2, 0.25) is 0 Å². The Morgan fingerprint density at radius 3 is 0.955 bits per heavy atom. The van der Waals surface area contributed by atoms with Gasteiger partial charge < -0.3 is 9.13 Å². The van der Waals surface area contributed by atoms with Gasteiger partial charge in [-0.2, -0.15) is 0 Å². The maximum Gasteiger partial charge on any atom is 0.0547 e. The van der Waals surface area contributed by atoms with Crippen LogP contribution in [-0.2, 0) is 0 Å². The average molecular weight is 561 g/mol. The fraction of sp³-hybridized carbons (Fsp3) is 0.0476. The average Bonchev–Trinajstić information content (AvgIpc) is 3.58. The Morgan fingerprint density at radius 1 is 0.341 bits per heavy atom. The van der Waals surface area contributed by atoms with Gasteiger partial charge in [0.1, 0.15) is 0 Å². The molecule has 0 saturated carbocycles. The van der Waals surface area contributed by atoms with Crippen LogP contribution in [0.15, 0.2) is 133 Å². The summed E-state index contributed by atoms with van der Waals surface area (Å²) in [6.45, 7) is 4.49. The van der Waals surface area contributed by atoms with Crippen molar-refractivity contribution in [2.75, 3.05) is 0 Å². The predicted molar refractivity (Wildman–Crippen MR) is 187 cm³/mol. The van der Waals surface area contributed by atoms with Crippen molar-refractivity contribution in [2.24, 2.45) is 0 Å². The largest absolute Gasteiger partial charge is 0.309 e. The molecule has 8 aromatic carbocycles. The van der Waals surface area contributed by atoms with Crippen LogP contribution >= 0.6 is 0 Å². The van der Waals surface area contributed by atoms with Crippen molar-refractivity contribution >= 4 is 65.2 Å². The Morgan fingerprint density at radius 2 is 0.659 bits per heavy atom. The van der Waals surface area contributed by atoms with E-state index in [2.05, 4.69) is 156 Å². The zero-order valence-electron chi connectivity index (χ0n) is 24.6. The quantitative estimate of drug-likeness (QED) is 0.190. The molecule has 0 unspecified atom stereocenters. The van der Waals surface area contributed by atoms with Gasteiger partial charge in [0.15, 0.2) is 0 Å². The summed E-state index contributed by atoms with van der Waals surface area (Å²) in [6.07, 6.45) is 0. The minimum Gasteiger partial charge on any atom is -0.309 e. The maximum absolute atomic E-state index is 2.43. The monoisotopic (exact) mass is 560 g/mol. The van der Waals surface area contributed by atoms with Crippen LogP contribution in [0.4, 0.5) is 0 Å². The molecule has 0 saturated heterocycles. The number of hydrogen-bond donors (Lipinski definition) is 0. The molecule has 2 heteroatoms. The van der Waals surface area contributed by atoms with Gasteiger partial charge in [-0.15, -0.1) is 0 Å². The van der Waals surface area contributed by atoms with Gasteiger partial charge in [0, 0.05) is 32.9 Å². The second-order valence-corrected chi connectivity index (χ2v) is 12.3. The zero-order valence-corrected chi connectivity index (χ0v) is 24.6. The summed E-state index contributed by atoms with van der Waals surface area (Å²) >= 11 is 0. The Bertz CT molecular complexity index is 2410. The van der Waals surface area contributed by atoms with Crippen molar-refractivity contribution in [1.82, 2.24) is 9.13 Å². The third kappa shape index (κ3) is 3.04. The molecule has 0 spiro atoms. The number of aryl methyl sites for hydroxylation is 2.